The van der Waals surface area contributed by atoms with E-state index in [1.165, 1.54) is 0 Å². The molecule has 11 heteroatoms. The summed E-state index contributed by atoms with van der Waals surface area (Å²) in [5, 5.41) is 14.0. The molecule has 1 aromatic heterocycles. The molecular weight excluding hydrogens is 478 g/mol. The van der Waals surface area contributed by atoms with E-state index in [1.807, 2.05) is 0 Å². The Morgan fingerprint density at radius 3 is 2.56 bits per heavy atom. The topological polar surface area (TPSA) is 114 Å². The molecule has 1 aliphatic rings. The van der Waals surface area contributed by atoms with Gasteiger partial charge in [0, 0.05) is 35.6 Å². The second kappa shape index (κ2) is 10.6. The minimum atomic E-state index is -0.479. The zero-order valence-corrected chi connectivity index (χ0v) is 19.9. The Bertz CT molecular complexity index is 1220. The number of methoxy groups -OCH3 is 1. The van der Waals surface area contributed by atoms with E-state index in [-0.39, 0.29) is 34.3 Å². The van der Waals surface area contributed by atoms with E-state index in [1.54, 1.807) is 60.5 Å². The fourth-order valence-electron chi connectivity index (χ4n) is 3.61. The molecule has 0 radical (unpaired) electrons. The predicted molar refractivity (Wildman–Crippen MR) is 130 cm³/mol. The Kier molecular flexibility index (Phi) is 7.39. The summed E-state index contributed by atoms with van der Waals surface area (Å²) in [7, 11) is 1.56. The van der Waals surface area contributed by atoms with E-state index in [0.717, 1.165) is 11.3 Å². The highest BCUT2D eigenvalue weighted by atomic mass is 35.5. The molecule has 1 aliphatic heterocycles. The fraction of sp³-hybridized carbons (Fsp3) is 0.261. The molecule has 1 saturated heterocycles. The molecule has 34 heavy (non-hydrogen) atoms. The molecule has 2 heterocycles. The second-order valence-electron chi connectivity index (χ2n) is 7.69. The highest BCUT2D eigenvalue weighted by Gasteiger charge is 2.31. The number of aromatic nitrogens is 2. The third-order valence-electron chi connectivity index (χ3n) is 5.30. The maximum absolute atomic E-state index is 13.0. The summed E-state index contributed by atoms with van der Waals surface area (Å²) in [6, 6.07) is 13.8. The molecular formula is C23H22ClN5O4S. The minimum Gasteiger partial charge on any atom is -0.497 e. The van der Waals surface area contributed by atoms with Crippen LogP contribution < -0.4 is 15.4 Å². The van der Waals surface area contributed by atoms with Crippen LogP contribution in [-0.4, -0.2) is 53.0 Å². The number of benzene rings is 2. The molecule has 3 amide bonds. The van der Waals surface area contributed by atoms with Crippen LogP contribution in [0.3, 0.4) is 0 Å². The van der Waals surface area contributed by atoms with Gasteiger partial charge < -0.3 is 20.3 Å². The lowest BCUT2D eigenvalue weighted by Crippen LogP contribution is -2.43. The third kappa shape index (κ3) is 5.70. The molecule has 0 aliphatic carbocycles. The SMILES string of the molecule is COc1cccc(NC(=O)C2CCCN(C(=O)c3nnc(C(=O)Nc4cccc(Cl)c4)s3)C2)c1. The van der Waals surface area contributed by atoms with E-state index in [0.29, 0.717) is 41.5 Å². The molecule has 4 rings (SSSR count). The van der Waals surface area contributed by atoms with E-state index < -0.39 is 5.91 Å². The van der Waals surface area contributed by atoms with Crippen LogP contribution in [-0.2, 0) is 4.79 Å². The van der Waals surface area contributed by atoms with Gasteiger partial charge in [-0.3, -0.25) is 14.4 Å². The molecule has 2 N–H and O–H groups in total. The van der Waals surface area contributed by atoms with Crippen LogP contribution in [0.4, 0.5) is 11.4 Å². The van der Waals surface area contributed by atoms with Crippen LogP contribution >= 0.6 is 22.9 Å². The summed E-state index contributed by atoms with van der Waals surface area (Å²) >= 11 is 6.85. The summed E-state index contributed by atoms with van der Waals surface area (Å²) in [5.41, 5.74) is 1.15. The Balaban J connectivity index is 1.37. The van der Waals surface area contributed by atoms with Crippen LogP contribution in [0, 0.1) is 5.92 Å². The number of anilines is 2. The van der Waals surface area contributed by atoms with Gasteiger partial charge in [-0.05, 0) is 43.2 Å². The van der Waals surface area contributed by atoms with Crippen molar-refractivity contribution >= 4 is 52.0 Å². The lowest BCUT2D eigenvalue weighted by Gasteiger charge is -2.31. The van der Waals surface area contributed by atoms with Gasteiger partial charge in [0.1, 0.15) is 5.75 Å². The van der Waals surface area contributed by atoms with E-state index in [4.69, 9.17) is 16.3 Å². The molecule has 3 aromatic rings. The summed E-state index contributed by atoms with van der Waals surface area (Å²) in [6.07, 6.45) is 1.35. The van der Waals surface area contributed by atoms with Crippen molar-refractivity contribution < 1.29 is 19.1 Å². The first kappa shape index (κ1) is 23.7. The summed E-state index contributed by atoms with van der Waals surface area (Å²) < 4.78 is 5.19. The van der Waals surface area contributed by atoms with E-state index in [9.17, 15) is 14.4 Å². The predicted octanol–water partition coefficient (Wildman–Crippen LogP) is 3.94. The van der Waals surface area contributed by atoms with Crippen LogP contribution in [0.1, 0.15) is 32.4 Å². The van der Waals surface area contributed by atoms with Gasteiger partial charge in [0.05, 0.1) is 13.0 Å². The van der Waals surface area contributed by atoms with E-state index >= 15 is 0 Å². The average Bonchev–Trinajstić information content (AvgIpc) is 3.34. The normalized spacial score (nSPS) is 15.5. The molecule has 0 spiro atoms. The largest absolute Gasteiger partial charge is 0.497 e. The molecule has 2 aromatic carbocycles. The smallest absolute Gasteiger partial charge is 0.286 e. The number of ether oxygens (including phenoxy) is 1. The van der Waals surface area contributed by atoms with Crippen LogP contribution in [0.2, 0.25) is 5.02 Å². The van der Waals surface area contributed by atoms with Gasteiger partial charge in [0.25, 0.3) is 11.8 Å². The van der Waals surface area contributed by atoms with Gasteiger partial charge in [0.2, 0.25) is 15.9 Å². The van der Waals surface area contributed by atoms with Gasteiger partial charge >= 0.3 is 0 Å². The molecule has 9 nitrogen and oxygen atoms in total. The van der Waals surface area contributed by atoms with Crippen molar-refractivity contribution in [2.45, 2.75) is 12.8 Å². The number of nitrogens with zero attached hydrogens (tertiary/aromatic N) is 3. The molecule has 1 unspecified atom stereocenters. The van der Waals surface area contributed by atoms with Crippen molar-refractivity contribution in [3.8, 4) is 5.75 Å². The summed E-state index contributed by atoms with van der Waals surface area (Å²) in [6.45, 7) is 0.768. The zero-order chi connectivity index (χ0) is 24.1. The summed E-state index contributed by atoms with van der Waals surface area (Å²) in [4.78, 5) is 39.8. The zero-order valence-electron chi connectivity index (χ0n) is 18.3. The number of halogens is 1. The lowest BCUT2D eigenvalue weighted by molar-refractivity contribution is -0.121. The first-order valence-electron chi connectivity index (χ1n) is 10.6. The Morgan fingerprint density at radius 2 is 1.79 bits per heavy atom. The van der Waals surface area contributed by atoms with Gasteiger partial charge in [-0.15, -0.1) is 10.2 Å². The van der Waals surface area contributed by atoms with E-state index in [2.05, 4.69) is 20.8 Å². The lowest BCUT2D eigenvalue weighted by atomic mass is 9.97. The highest BCUT2D eigenvalue weighted by Crippen LogP contribution is 2.24. The fourth-order valence-corrected chi connectivity index (χ4v) is 4.51. The monoisotopic (exact) mass is 499 g/mol. The van der Waals surface area contributed by atoms with Crippen molar-refractivity contribution in [2.75, 3.05) is 30.8 Å². The Labute approximate surface area is 205 Å². The number of hydrogen-bond donors (Lipinski definition) is 2. The Morgan fingerprint density at radius 1 is 1.06 bits per heavy atom. The molecule has 176 valence electrons. The number of rotatable bonds is 6. The van der Waals surface area contributed by atoms with Crippen molar-refractivity contribution in [1.82, 2.24) is 15.1 Å². The number of carbonyl (C=O) groups excluding carboxylic acids is 3. The quantitative estimate of drug-likeness (QED) is 0.531. The van der Waals surface area contributed by atoms with Gasteiger partial charge in [-0.25, -0.2) is 0 Å². The van der Waals surface area contributed by atoms with Crippen molar-refractivity contribution in [1.29, 1.82) is 0 Å². The first-order chi connectivity index (χ1) is 16.4. The van der Waals surface area contributed by atoms with Gasteiger partial charge in [-0.2, -0.15) is 0 Å². The average molecular weight is 500 g/mol. The number of likely N-dealkylation sites (tertiary alicyclic amines) is 1. The number of carbonyl (C=O) groups is 3. The van der Waals surface area contributed by atoms with Gasteiger partial charge in [-0.1, -0.05) is 35.1 Å². The van der Waals surface area contributed by atoms with Crippen LogP contribution in [0.25, 0.3) is 0 Å². The number of hydrogen-bond acceptors (Lipinski definition) is 7. The number of amides is 3. The number of piperidine rings is 1. The van der Waals surface area contributed by atoms with Crippen molar-refractivity contribution in [3.63, 3.8) is 0 Å². The molecule has 0 bridgehead atoms. The minimum absolute atomic E-state index is 0.0626. The maximum Gasteiger partial charge on any atom is 0.286 e. The third-order valence-corrected chi connectivity index (χ3v) is 6.45. The molecule has 1 atom stereocenters. The van der Waals surface area contributed by atoms with Gasteiger partial charge in [0.15, 0.2) is 0 Å². The van der Waals surface area contributed by atoms with Crippen LogP contribution in [0.5, 0.6) is 5.75 Å². The standard InChI is InChI=1S/C23H22ClN5O4S/c1-33-18-9-3-8-17(12-18)25-19(30)14-5-4-10-29(13-14)23(32)22-28-27-21(34-22)20(31)26-16-7-2-6-15(24)11-16/h2-3,6-9,11-12,14H,4-5,10,13H2,1H3,(H,25,30)(H,26,31). The molecule has 0 saturated carbocycles. The molecule has 1 fully saturated rings. The Hall–Kier alpha value is -3.50. The van der Waals surface area contributed by atoms with Crippen molar-refractivity contribution in [2.24, 2.45) is 5.92 Å². The highest BCUT2D eigenvalue weighted by molar-refractivity contribution is 7.15. The maximum atomic E-state index is 13.0. The first-order valence-corrected chi connectivity index (χ1v) is 11.8. The number of nitrogens with one attached hydrogen (secondary N) is 2. The van der Waals surface area contributed by atoms with Crippen molar-refractivity contribution in [3.05, 3.63) is 63.6 Å². The summed E-state index contributed by atoms with van der Waals surface area (Å²) in [5.74, 6) is -0.706. The van der Waals surface area contributed by atoms with Crippen LogP contribution in [0.15, 0.2) is 48.5 Å². The second-order valence-corrected chi connectivity index (χ2v) is 9.10.